The van der Waals surface area contributed by atoms with Crippen LogP contribution in [0.15, 0.2) is 0 Å². The number of aliphatic hydroxyl groups excluding tert-OH is 1. The maximum atomic E-state index is 12.3. The summed E-state index contributed by atoms with van der Waals surface area (Å²) in [6.07, 6.45) is 20.2. The fraction of sp³-hybridized carbons (Fsp3) is 0.826. The van der Waals surface area contributed by atoms with Gasteiger partial charge in [-0.25, -0.2) is 4.79 Å². The third kappa shape index (κ3) is 39.4. The average molecular weight is 944 g/mol. The molecule has 3 atom stereocenters. The van der Waals surface area contributed by atoms with Crippen molar-refractivity contribution in [2.24, 2.45) is 5.73 Å². The van der Waals surface area contributed by atoms with Crippen LogP contribution in [0.3, 0.4) is 0 Å². The lowest BCUT2D eigenvalue weighted by Crippen LogP contribution is -2.48. The Labute approximate surface area is 393 Å². The lowest BCUT2D eigenvalue weighted by Gasteiger charge is -2.17. The molecule has 0 heterocycles. The highest BCUT2D eigenvalue weighted by Gasteiger charge is 2.22. The van der Waals surface area contributed by atoms with Crippen molar-refractivity contribution in [2.45, 2.75) is 160 Å². The van der Waals surface area contributed by atoms with Gasteiger partial charge in [0.2, 0.25) is 29.5 Å². The molecule has 0 aromatic heterocycles. The number of nitrogens with one attached hydrogen (secondary N) is 6. The van der Waals surface area contributed by atoms with Gasteiger partial charge in [0, 0.05) is 39.5 Å². The first kappa shape index (κ1) is 62.2. The minimum Gasteiger partial charge on any atom is -0.480 e. The first-order valence-corrected chi connectivity index (χ1v) is 24.2. The van der Waals surface area contributed by atoms with Gasteiger partial charge < -0.3 is 61.5 Å². The van der Waals surface area contributed by atoms with E-state index in [9.17, 15) is 38.7 Å². The molecule has 2 radical (unpaired) electrons. The minimum atomic E-state index is -1.18. The van der Waals surface area contributed by atoms with Crippen LogP contribution in [0.2, 0.25) is 0 Å². The summed E-state index contributed by atoms with van der Waals surface area (Å²) >= 11 is 0. The third-order valence-corrected chi connectivity index (χ3v) is 10.5. The summed E-state index contributed by atoms with van der Waals surface area (Å²) < 4.78 is 21.4. The number of aliphatic carboxylic acids is 1. The second-order valence-electron chi connectivity index (χ2n) is 16.3. The Bertz CT molecular complexity index is 1300. The second kappa shape index (κ2) is 45.0. The van der Waals surface area contributed by atoms with E-state index in [1.165, 1.54) is 70.6 Å². The number of ether oxygens (including phenoxy) is 4. The summed E-state index contributed by atoms with van der Waals surface area (Å²) in [5.74, 6) is -3.55. The van der Waals surface area contributed by atoms with E-state index in [2.05, 4.69) is 38.8 Å². The summed E-state index contributed by atoms with van der Waals surface area (Å²) in [6, 6.07) is -2.82. The van der Waals surface area contributed by atoms with Gasteiger partial charge in [-0.2, -0.15) is 0 Å². The molecule has 66 heavy (non-hydrogen) atoms. The molecule has 0 aliphatic heterocycles. The number of rotatable bonds is 49. The maximum absolute atomic E-state index is 12.3. The maximum Gasteiger partial charge on any atom is 0.326 e. The number of ketones is 1. The molecule has 0 saturated heterocycles. The predicted octanol–water partition coefficient (Wildman–Crippen LogP) is 1.81. The van der Waals surface area contributed by atoms with E-state index in [4.69, 9.17) is 36.8 Å². The van der Waals surface area contributed by atoms with Crippen LogP contribution in [0.4, 0.5) is 0 Å². The predicted molar refractivity (Wildman–Crippen MR) is 249 cm³/mol. The monoisotopic (exact) mass is 944 g/mol. The molecule has 0 rings (SSSR count). The molecule has 5 amide bonds. The molecule has 0 aliphatic rings. The number of hydrogen-bond donors (Lipinski definition) is 9. The Morgan fingerprint density at radius 2 is 1.02 bits per heavy atom. The summed E-state index contributed by atoms with van der Waals surface area (Å²) in [6.45, 7) is 3.17. The van der Waals surface area contributed by atoms with Gasteiger partial charge in [0.05, 0.1) is 58.8 Å². The van der Waals surface area contributed by atoms with Crippen LogP contribution in [-0.2, 0) is 52.5 Å². The fourth-order valence-corrected chi connectivity index (χ4v) is 6.58. The number of unbranched alkanes of at least 4 members (excludes halogenated alkanes) is 15. The number of primary amides is 1. The van der Waals surface area contributed by atoms with Crippen LogP contribution >= 0.6 is 0 Å². The van der Waals surface area contributed by atoms with E-state index in [1.54, 1.807) is 0 Å². The van der Waals surface area contributed by atoms with Gasteiger partial charge in [0.15, 0.2) is 5.78 Å². The zero-order valence-corrected chi connectivity index (χ0v) is 39.8. The molecule has 0 aromatic carbocycles. The molecule has 20 nitrogen and oxygen atoms in total. The van der Waals surface area contributed by atoms with Gasteiger partial charge in [-0.3, -0.25) is 34.1 Å². The Balaban J connectivity index is 3.72. The van der Waals surface area contributed by atoms with Gasteiger partial charge in [-0.05, 0) is 32.1 Å². The number of hydrogen-bond acceptors (Lipinski definition) is 14. The number of carboxylic acid groups (broad SMARTS) is 1. The molecule has 20 heteroatoms. The highest BCUT2D eigenvalue weighted by molar-refractivity contribution is 5.87. The molecule has 10 N–H and O–H groups in total. The van der Waals surface area contributed by atoms with Crippen molar-refractivity contribution in [2.75, 3.05) is 85.6 Å². The second-order valence-corrected chi connectivity index (χ2v) is 16.3. The smallest absolute Gasteiger partial charge is 0.326 e. The van der Waals surface area contributed by atoms with Crippen LogP contribution in [0, 0.1) is 7.05 Å². The van der Waals surface area contributed by atoms with Crippen molar-refractivity contribution in [1.29, 1.82) is 0 Å². The topological polar surface area (TPSA) is 295 Å². The van der Waals surface area contributed by atoms with Crippen molar-refractivity contribution in [1.82, 2.24) is 31.9 Å². The first-order valence-electron chi connectivity index (χ1n) is 24.2. The molecule has 0 saturated carbocycles. The summed E-state index contributed by atoms with van der Waals surface area (Å²) in [5, 5.41) is 34.2. The molecule has 0 spiro atoms. The largest absolute Gasteiger partial charge is 0.480 e. The Morgan fingerprint density at radius 1 is 0.530 bits per heavy atom. The Morgan fingerprint density at radius 3 is 1.50 bits per heavy atom. The first-order chi connectivity index (χ1) is 31.9. The number of carbonyl (C=O) groups excluding carboxylic acids is 6. The summed E-state index contributed by atoms with van der Waals surface area (Å²) in [7, 11) is 5.46. The Kier molecular flexibility index (Phi) is 42.4. The molecular formula is C46H85N7O13. The zero-order valence-electron chi connectivity index (χ0n) is 39.8. The number of carbonyl (C=O) groups is 7. The van der Waals surface area contributed by atoms with E-state index < -0.39 is 36.6 Å². The number of carboxylic acids is 1. The number of nitrogens with two attached hydrogens (primary N) is 1. The molecule has 0 aromatic rings. The van der Waals surface area contributed by atoms with Crippen LogP contribution in [0.1, 0.15) is 142 Å². The number of aliphatic hydroxyl groups is 1. The van der Waals surface area contributed by atoms with Crippen LogP contribution < -0.4 is 37.6 Å². The zero-order chi connectivity index (χ0) is 48.9. The Hall–Kier alpha value is -3.79. The van der Waals surface area contributed by atoms with Crippen molar-refractivity contribution < 1.29 is 62.7 Å². The molecule has 0 fully saturated rings. The van der Waals surface area contributed by atoms with E-state index >= 15 is 0 Å². The minimum absolute atomic E-state index is 0.0202. The normalized spacial score (nSPS) is 12.5. The number of Topliss-reactive ketones (excluding diaryl/α,β-unsaturated/α-hetero) is 1. The van der Waals surface area contributed by atoms with Gasteiger partial charge in [0.1, 0.15) is 25.3 Å². The van der Waals surface area contributed by atoms with Crippen LogP contribution in [-0.4, -0.2) is 155 Å². The van der Waals surface area contributed by atoms with Gasteiger partial charge >= 0.3 is 5.97 Å². The van der Waals surface area contributed by atoms with E-state index in [1.807, 2.05) is 0 Å². The molecule has 0 bridgehead atoms. The van der Waals surface area contributed by atoms with Gasteiger partial charge in [0.25, 0.3) is 0 Å². The van der Waals surface area contributed by atoms with Gasteiger partial charge in [-0.15, -0.1) is 0 Å². The van der Waals surface area contributed by atoms with Gasteiger partial charge in [-0.1, -0.05) is 96.8 Å². The lowest BCUT2D eigenvalue weighted by molar-refractivity contribution is -0.142. The standard InChI is InChI=1S/C46H85N7O13/c1-3-4-5-6-7-8-9-10-11-12-13-14-15-16-17-21-42(57)53-38(46(61)62)22-23-41(56)50-25-27-63-29-32-66-36-44(59)51-26-28-64-30-31-65-35-43(58)49-24-19-18-20-37(48-2)40(55)33-52-39(34-54)45(47)60/h2,37-39,48,52,54H,3-36H2,1H3,(H2,47,60)(H,49,58)(H,50,56)(H,51,59)(H,53,57)(H,61,62)/t37-,38-,39-/m0/s1. The van der Waals surface area contributed by atoms with E-state index in [-0.39, 0.29) is 121 Å². The molecule has 0 unspecified atom stereocenters. The highest BCUT2D eigenvalue weighted by Crippen LogP contribution is 2.14. The van der Waals surface area contributed by atoms with Crippen LogP contribution in [0.5, 0.6) is 0 Å². The van der Waals surface area contributed by atoms with Crippen molar-refractivity contribution in [3.05, 3.63) is 7.05 Å². The lowest BCUT2D eigenvalue weighted by atomic mass is 10.0. The average Bonchev–Trinajstić information content (AvgIpc) is 3.29. The highest BCUT2D eigenvalue weighted by atomic mass is 16.5. The molecule has 0 aliphatic carbocycles. The number of amides is 5. The summed E-state index contributed by atoms with van der Waals surface area (Å²) in [5.41, 5.74) is 5.12. The van der Waals surface area contributed by atoms with Crippen molar-refractivity contribution in [3.63, 3.8) is 0 Å². The quantitative estimate of drug-likeness (QED) is 0.0311. The van der Waals surface area contributed by atoms with Crippen molar-refractivity contribution in [3.8, 4) is 0 Å². The SMILES string of the molecule is [CH]N[C@@H](CCCCNC(=O)COCCOCCNC(=O)COCCOCCNC(=O)CC[C@H](NC(=O)CCCCCCCCCCCCCCCCC)C(=O)O)C(=O)CN[C@@H](CO)C(N)=O. The fourth-order valence-electron chi connectivity index (χ4n) is 6.58. The summed E-state index contributed by atoms with van der Waals surface area (Å²) in [4.78, 5) is 83.6. The van der Waals surface area contributed by atoms with E-state index in [0.29, 0.717) is 32.2 Å². The molecular weight excluding hydrogens is 859 g/mol. The van der Waals surface area contributed by atoms with E-state index in [0.717, 1.165) is 19.3 Å². The van der Waals surface area contributed by atoms with Crippen molar-refractivity contribution >= 4 is 41.3 Å². The third-order valence-electron chi connectivity index (χ3n) is 10.5. The van der Waals surface area contributed by atoms with Crippen LogP contribution in [0.25, 0.3) is 0 Å². The molecule has 382 valence electrons.